The van der Waals surface area contributed by atoms with Gasteiger partial charge in [-0.2, -0.15) is 0 Å². The molecule has 1 saturated heterocycles. The van der Waals surface area contributed by atoms with Gasteiger partial charge in [0.1, 0.15) is 17.3 Å². The van der Waals surface area contributed by atoms with Gasteiger partial charge in [-0.15, -0.1) is 0 Å². The lowest BCUT2D eigenvalue weighted by molar-refractivity contribution is -0.0679. The molecule has 128 valence electrons. The summed E-state index contributed by atoms with van der Waals surface area (Å²) in [6.45, 7) is 4.75. The standard InChI is InChI=1S/C19H20BrFO3/c1-12-9-15(21)10-13(2)18(12)24-17-4-3-14(11-16(17)20)19(22)5-7-23-8-6-19/h3-4,9-11,22H,5-8H2,1-2H3. The third-order valence-electron chi connectivity index (χ3n) is 4.43. The number of halogens is 2. The predicted octanol–water partition coefficient (Wildman–Crippen LogP) is 5.00. The summed E-state index contributed by atoms with van der Waals surface area (Å²) in [5, 5.41) is 10.8. The zero-order valence-electron chi connectivity index (χ0n) is 13.7. The van der Waals surface area contributed by atoms with Crippen LogP contribution in [0.25, 0.3) is 0 Å². The lowest BCUT2D eigenvalue weighted by Crippen LogP contribution is -2.33. The van der Waals surface area contributed by atoms with Gasteiger partial charge in [0.2, 0.25) is 0 Å². The molecule has 0 unspecified atom stereocenters. The lowest BCUT2D eigenvalue weighted by Gasteiger charge is -2.32. The van der Waals surface area contributed by atoms with Crippen molar-refractivity contribution >= 4 is 15.9 Å². The van der Waals surface area contributed by atoms with E-state index in [-0.39, 0.29) is 5.82 Å². The quantitative estimate of drug-likeness (QED) is 0.796. The van der Waals surface area contributed by atoms with E-state index in [1.807, 2.05) is 32.0 Å². The molecule has 0 saturated carbocycles. The Morgan fingerprint density at radius 2 is 1.75 bits per heavy atom. The summed E-state index contributed by atoms with van der Waals surface area (Å²) in [6, 6.07) is 8.49. The Morgan fingerprint density at radius 3 is 2.33 bits per heavy atom. The van der Waals surface area contributed by atoms with Crippen molar-refractivity contribution in [3.63, 3.8) is 0 Å². The molecule has 0 spiro atoms. The smallest absolute Gasteiger partial charge is 0.141 e. The van der Waals surface area contributed by atoms with Gasteiger partial charge in [-0.25, -0.2) is 4.39 Å². The average Bonchev–Trinajstić information content (AvgIpc) is 2.52. The van der Waals surface area contributed by atoms with Crippen molar-refractivity contribution in [2.24, 2.45) is 0 Å². The van der Waals surface area contributed by atoms with Gasteiger partial charge in [-0.1, -0.05) is 6.07 Å². The van der Waals surface area contributed by atoms with Gasteiger partial charge in [0.05, 0.1) is 10.1 Å². The zero-order valence-corrected chi connectivity index (χ0v) is 15.3. The van der Waals surface area contributed by atoms with E-state index in [1.54, 1.807) is 0 Å². The van der Waals surface area contributed by atoms with Gasteiger partial charge in [-0.05, 0) is 70.7 Å². The molecule has 2 aromatic rings. The van der Waals surface area contributed by atoms with Crippen molar-refractivity contribution in [1.82, 2.24) is 0 Å². The minimum atomic E-state index is -0.860. The summed E-state index contributed by atoms with van der Waals surface area (Å²) >= 11 is 3.52. The maximum Gasteiger partial charge on any atom is 0.141 e. The van der Waals surface area contributed by atoms with Crippen molar-refractivity contribution in [3.8, 4) is 11.5 Å². The van der Waals surface area contributed by atoms with Gasteiger partial charge in [0.15, 0.2) is 0 Å². The van der Waals surface area contributed by atoms with Gasteiger partial charge < -0.3 is 14.6 Å². The van der Waals surface area contributed by atoms with Crippen LogP contribution >= 0.6 is 15.9 Å². The van der Waals surface area contributed by atoms with Crippen LogP contribution in [0.5, 0.6) is 11.5 Å². The van der Waals surface area contributed by atoms with Crippen LogP contribution in [-0.4, -0.2) is 18.3 Å². The minimum Gasteiger partial charge on any atom is -0.456 e. The molecule has 0 amide bonds. The first kappa shape index (κ1) is 17.4. The monoisotopic (exact) mass is 394 g/mol. The Balaban J connectivity index is 1.88. The molecule has 1 aliphatic rings. The van der Waals surface area contributed by atoms with E-state index in [9.17, 15) is 9.50 Å². The number of aryl methyl sites for hydroxylation is 2. The van der Waals surface area contributed by atoms with Crippen molar-refractivity contribution in [2.75, 3.05) is 13.2 Å². The molecule has 3 rings (SSSR count). The fourth-order valence-electron chi connectivity index (χ4n) is 3.04. The van der Waals surface area contributed by atoms with Crippen molar-refractivity contribution in [2.45, 2.75) is 32.3 Å². The van der Waals surface area contributed by atoms with Crippen LogP contribution in [0.3, 0.4) is 0 Å². The van der Waals surface area contributed by atoms with E-state index in [4.69, 9.17) is 9.47 Å². The molecule has 2 aromatic carbocycles. The van der Waals surface area contributed by atoms with Crippen LogP contribution in [0.15, 0.2) is 34.8 Å². The van der Waals surface area contributed by atoms with Crippen LogP contribution in [0.4, 0.5) is 4.39 Å². The van der Waals surface area contributed by atoms with E-state index in [0.29, 0.717) is 37.6 Å². The SMILES string of the molecule is Cc1cc(F)cc(C)c1Oc1ccc(C2(O)CCOCC2)cc1Br. The van der Waals surface area contributed by atoms with Crippen LogP contribution in [0.2, 0.25) is 0 Å². The van der Waals surface area contributed by atoms with Gasteiger partial charge >= 0.3 is 0 Å². The fraction of sp³-hybridized carbons (Fsp3) is 0.368. The minimum absolute atomic E-state index is 0.270. The highest BCUT2D eigenvalue weighted by Crippen LogP contribution is 2.38. The van der Waals surface area contributed by atoms with E-state index in [0.717, 1.165) is 21.2 Å². The largest absolute Gasteiger partial charge is 0.456 e. The van der Waals surface area contributed by atoms with Crippen LogP contribution in [0.1, 0.15) is 29.5 Å². The maximum atomic E-state index is 13.4. The number of hydrogen-bond donors (Lipinski definition) is 1. The molecule has 5 heteroatoms. The molecule has 24 heavy (non-hydrogen) atoms. The second-order valence-corrected chi connectivity index (χ2v) is 7.11. The molecular formula is C19H20BrFO3. The predicted molar refractivity (Wildman–Crippen MR) is 94.0 cm³/mol. The zero-order chi connectivity index (χ0) is 17.3. The molecule has 0 aliphatic carbocycles. The number of aliphatic hydroxyl groups is 1. The third kappa shape index (κ3) is 3.48. The summed E-state index contributed by atoms with van der Waals surface area (Å²) in [5.41, 5.74) is 1.47. The van der Waals surface area contributed by atoms with Gasteiger partial charge in [-0.3, -0.25) is 0 Å². The highest BCUT2D eigenvalue weighted by atomic mass is 79.9. The van der Waals surface area contributed by atoms with Crippen molar-refractivity contribution in [1.29, 1.82) is 0 Å². The first-order valence-corrected chi connectivity index (χ1v) is 8.73. The molecule has 1 aliphatic heterocycles. The molecule has 3 nitrogen and oxygen atoms in total. The molecule has 0 atom stereocenters. The van der Waals surface area contributed by atoms with E-state index in [1.165, 1.54) is 12.1 Å². The molecular weight excluding hydrogens is 375 g/mol. The third-order valence-corrected chi connectivity index (χ3v) is 5.05. The second-order valence-electron chi connectivity index (χ2n) is 6.26. The van der Waals surface area contributed by atoms with Crippen LogP contribution in [-0.2, 0) is 10.3 Å². The molecule has 1 fully saturated rings. The number of hydrogen-bond acceptors (Lipinski definition) is 3. The van der Waals surface area contributed by atoms with Gasteiger partial charge in [0, 0.05) is 26.1 Å². The summed E-state index contributed by atoms with van der Waals surface area (Å²) in [7, 11) is 0. The number of rotatable bonds is 3. The molecule has 1 heterocycles. The average molecular weight is 395 g/mol. The second kappa shape index (κ2) is 6.82. The molecule has 1 N–H and O–H groups in total. The van der Waals surface area contributed by atoms with Crippen molar-refractivity contribution in [3.05, 3.63) is 57.3 Å². The highest BCUT2D eigenvalue weighted by Gasteiger charge is 2.32. The Hall–Kier alpha value is -1.43. The molecule has 0 aromatic heterocycles. The number of ether oxygens (including phenoxy) is 2. The first-order chi connectivity index (χ1) is 11.4. The van der Waals surface area contributed by atoms with Gasteiger partial charge in [0.25, 0.3) is 0 Å². The Bertz CT molecular complexity index is 731. The summed E-state index contributed by atoms with van der Waals surface area (Å²) in [6.07, 6.45) is 1.16. The van der Waals surface area contributed by atoms with E-state index >= 15 is 0 Å². The van der Waals surface area contributed by atoms with E-state index in [2.05, 4.69) is 15.9 Å². The van der Waals surface area contributed by atoms with Crippen LogP contribution < -0.4 is 4.74 Å². The Kier molecular flexibility index (Phi) is 4.95. The Morgan fingerprint density at radius 1 is 1.12 bits per heavy atom. The topological polar surface area (TPSA) is 38.7 Å². The normalized spacial score (nSPS) is 16.9. The molecule has 0 radical (unpaired) electrons. The highest BCUT2D eigenvalue weighted by molar-refractivity contribution is 9.10. The van der Waals surface area contributed by atoms with Crippen molar-refractivity contribution < 1.29 is 19.0 Å². The van der Waals surface area contributed by atoms with E-state index < -0.39 is 5.60 Å². The molecule has 0 bridgehead atoms. The maximum absolute atomic E-state index is 13.4. The number of benzene rings is 2. The van der Waals surface area contributed by atoms with Crippen LogP contribution in [0, 0.1) is 19.7 Å². The summed E-state index contributed by atoms with van der Waals surface area (Å²) in [4.78, 5) is 0. The first-order valence-electron chi connectivity index (χ1n) is 7.94. The lowest BCUT2D eigenvalue weighted by atomic mass is 9.86. The fourth-order valence-corrected chi connectivity index (χ4v) is 3.50. The summed E-state index contributed by atoms with van der Waals surface area (Å²) in [5.74, 6) is 1.01. The summed E-state index contributed by atoms with van der Waals surface area (Å²) < 4.78 is 25.5. The Labute approximate surface area is 149 Å².